The standard InChI is InChI=1S/C15H27F3N2O/c1-2-20(10-13-6-4-8-21-13)14(11-19)7-3-5-12(9-14)15(16,17)18/h12-13H,2-11,19H2,1H3. The van der Waals surface area contributed by atoms with Crippen molar-refractivity contribution in [2.75, 3.05) is 26.2 Å². The van der Waals surface area contributed by atoms with Gasteiger partial charge in [-0.25, -0.2) is 0 Å². The Morgan fingerprint density at radius 2 is 2.05 bits per heavy atom. The van der Waals surface area contributed by atoms with E-state index in [9.17, 15) is 13.2 Å². The molecule has 1 saturated heterocycles. The first kappa shape index (κ1) is 17.0. The lowest BCUT2D eigenvalue weighted by molar-refractivity contribution is -0.194. The summed E-state index contributed by atoms with van der Waals surface area (Å²) in [5, 5.41) is 0. The second-order valence-electron chi connectivity index (χ2n) is 6.44. The second-order valence-corrected chi connectivity index (χ2v) is 6.44. The fourth-order valence-electron chi connectivity index (χ4n) is 3.91. The molecule has 1 heterocycles. The van der Waals surface area contributed by atoms with Crippen molar-refractivity contribution in [1.82, 2.24) is 4.90 Å². The number of nitrogens with zero attached hydrogens (tertiary/aromatic N) is 1. The minimum Gasteiger partial charge on any atom is -0.377 e. The molecular weight excluding hydrogens is 281 g/mol. The van der Waals surface area contributed by atoms with E-state index in [1.54, 1.807) is 0 Å². The van der Waals surface area contributed by atoms with Crippen LogP contribution in [0.2, 0.25) is 0 Å². The lowest BCUT2D eigenvalue weighted by Gasteiger charge is -2.49. The molecule has 0 aromatic heterocycles. The summed E-state index contributed by atoms with van der Waals surface area (Å²) in [6.45, 7) is 4.49. The molecule has 2 aliphatic rings. The quantitative estimate of drug-likeness (QED) is 0.848. The van der Waals surface area contributed by atoms with Gasteiger partial charge in [-0.1, -0.05) is 13.3 Å². The molecule has 124 valence electrons. The van der Waals surface area contributed by atoms with E-state index in [4.69, 9.17) is 10.5 Å². The molecule has 6 heteroatoms. The summed E-state index contributed by atoms with van der Waals surface area (Å²) in [7, 11) is 0. The Morgan fingerprint density at radius 1 is 1.29 bits per heavy atom. The monoisotopic (exact) mass is 308 g/mol. The summed E-state index contributed by atoms with van der Waals surface area (Å²) in [5.41, 5.74) is 5.43. The van der Waals surface area contributed by atoms with Gasteiger partial charge in [0, 0.05) is 25.2 Å². The fourth-order valence-corrected chi connectivity index (χ4v) is 3.91. The predicted molar refractivity (Wildman–Crippen MR) is 76.0 cm³/mol. The van der Waals surface area contributed by atoms with Crippen LogP contribution in [0, 0.1) is 5.92 Å². The zero-order valence-electron chi connectivity index (χ0n) is 12.8. The van der Waals surface area contributed by atoms with Gasteiger partial charge in [0.1, 0.15) is 0 Å². The van der Waals surface area contributed by atoms with Gasteiger partial charge in [0.15, 0.2) is 0 Å². The molecule has 0 aromatic rings. The third kappa shape index (κ3) is 3.90. The van der Waals surface area contributed by atoms with Gasteiger partial charge in [-0.2, -0.15) is 13.2 Å². The summed E-state index contributed by atoms with van der Waals surface area (Å²) < 4.78 is 45.0. The number of hydrogen-bond acceptors (Lipinski definition) is 3. The van der Waals surface area contributed by atoms with E-state index < -0.39 is 17.6 Å². The molecule has 1 saturated carbocycles. The Labute approximate surface area is 125 Å². The van der Waals surface area contributed by atoms with Crippen LogP contribution in [-0.2, 0) is 4.74 Å². The third-order valence-corrected chi connectivity index (χ3v) is 5.16. The lowest BCUT2D eigenvalue weighted by atomic mass is 9.74. The smallest absolute Gasteiger partial charge is 0.377 e. The van der Waals surface area contributed by atoms with Gasteiger partial charge in [0.2, 0.25) is 0 Å². The van der Waals surface area contributed by atoms with Crippen molar-refractivity contribution in [1.29, 1.82) is 0 Å². The van der Waals surface area contributed by atoms with Crippen molar-refractivity contribution >= 4 is 0 Å². The number of nitrogens with two attached hydrogens (primary N) is 1. The van der Waals surface area contributed by atoms with E-state index in [2.05, 4.69) is 4.90 Å². The van der Waals surface area contributed by atoms with Crippen molar-refractivity contribution in [3.63, 3.8) is 0 Å². The van der Waals surface area contributed by atoms with E-state index in [0.717, 1.165) is 32.4 Å². The van der Waals surface area contributed by atoms with E-state index in [1.165, 1.54) is 0 Å². The van der Waals surface area contributed by atoms with Gasteiger partial charge < -0.3 is 10.5 Å². The lowest BCUT2D eigenvalue weighted by Crippen LogP contribution is -2.59. The zero-order valence-corrected chi connectivity index (χ0v) is 12.8. The molecule has 3 unspecified atom stereocenters. The van der Waals surface area contributed by atoms with Crippen LogP contribution in [0.1, 0.15) is 45.4 Å². The molecule has 1 aliphatic heterocycles. The number of likely N-dealkylation sites (N-methyl/N-ethyl adjacent to an activating group) is 1. The van der Waals surface area contributed by atoms with Gasteiger partial charge in [0.25, 0.3) is 0 Å². The molecular formula is C15H27F3N2O. The Hall–Kier alpha value is -0.330. The molecule has 3 nitrogen and oxygen atoms in total. The number of alkyl halides is 3. The van der Waals surface area contributed by atoms with Gasteiger partial charge in [0.05, 0.1) is 12.0 Å². The number of ether oxygens (including phenoxy) is 1. The molecule has 0 aromatic carbocycles. The van der Waals surface area contributed by atoms with Crippen molar-refractivity contribution in [2.24, 2.45) is 11.7 Å². The van der Waals surface area contributed by atoms with Crippen LogP contribution >= 0.6 is 0 Å². The normalized spacial score (nSPS) is 34.6. The Bertz CT molecular complexity index is 331. The molecule has 0 spiro atoms. The topological polar surface area (TPSA) is 38.5 Å². The van der Waals surface area contributed by atoms with Crippen LogP contribution in [0.4, 0.5) is 13.2 Å². The van der Waals surface area contributed by atoms with E-state index in [0.29, 0.717) is 19.5 Å². The minimum atomic E-state index is -4.11. The van der Waals surface area contributed by atoms with Crippen LogP contribution in [0.15, 0.2) is 0 Å². The van der Waals surface area contributed by atoms with E-state index in [-0.39, 0.29) is 18.9 Å². The van der Waals surface area contributed by atoms with Gasteiger partial charge in [-0.15, -0.1) is 0 Å². The van der Waals surface area contributed by atoms with Crippen LogP contribution in [0.5, 0.6) is 0 Å². The largest absolute Gasteiger partial charge is 0.391 e. The average Bonchev–Trinajstić information content (AvgIpc) is 2.97. The SMILES string of the molecule is CCN(CC1CCCO1)C1(CN)CCCC(C(F)(F)F)C1. The predicted octanol–water partition coefficient (Wildman–Crippen LogP) is 2.94. The van der Waals surface area contributed by atoms with Crippen LogP contribution in [-0.4, -0.2) is 49.0 Å². The van der Waals surface area contributed by atoms with E-state index in [1.807, 2.05) is 6.92 Å². The van der Waals surface area contributed by atoms with Gasteiger partial charge >= 0.3 is 6.18 Å². The molecule has 2 N–H and O–H groups in total. The Balaban J connectivity index is 2.09. The molecule has 0 amide bonds. The summed E-state index contributed by atoms with van der Waals surface area (Å²) in [6.07, 6.45) is -0.178. The van der Waals surface area contributed by atoms with Crippen molar-refractivity contribution < 1.29 is 17.9 Å². The fraction of sp³-hybridized carbons (Fsp3) is 1.00. The maximum Gasteiger partial charge on any atom is 0.391 e. The van der Waals surface area contributed by atoms with Crippen LogP contribution in [0.25, 0.3) is 0 Å². The second kappa shape index (κ2) is 6.84. The minimum absolute atomic E-state index is 0.133. The maximum atomic E-state index is 13.1. The molecule has 21 heavy (non-hydrogen) atoms. The molecule has 0 bridgehead atoms. The first-order valence-corrected chi connectivity index (χ1v) is 8.05. The zero-order chi connectivity index (χ0) is 15.5. The highest BCUT2D eigenvalue weighted by atomic mass is 19.4. The van der Waals surface area contributed by atoms with Crippen molar-refractivity contribution in [3.05, 3.63) is 0 Å². The number of rotatable bonds is 5. The van der Waals surface area contributed by atoms with Crippen molar-refractivity contribution in [3.8, 4) is 0 Å². The summed E-state index contributed by atoms with van der Waals surface area (Å²) >= 11 is 0. The molecule has 0 radical (unpaired) electrons. The summed E-state index contributed by atoms with van der Waals surface area (Å²) in [4.78, 5) is 2.15. The average molecular weight is 308 g/mol. The van der Waals surface area contributed by atoms with Gasteiger partial charge in [-0.3, -0.25) is 4.90 Å². The van der Waals surface area contributed by atoms with Crippen LogP contribution < -0.4 is 5.73 Å². The molecule has 2 rings (SSSR count). The first-order valence-electron chi connectivity index (χ1n) is 8.05. The summed E-state index contributed by atoms with van der Waals surface area (Å²) in [5.74, 6) is -1.21. The maximum absolute atomic E-state index is 13.1. The van der Waals surface area contributed by atoms with Crippen LogP contribution in [0.3, 0.4) is 0 Å². The number of halogens is 3. The summed E-state index contributed by atoms with van der Waals surface area (Å²) in [6, 6.07) is 0. The highest BCUT2D eigenvalue weighted by Crippen LogP contribution is 2.44. The molecule has 2 fully saturated rings. The number of hydrogen-bond donors (Lipinski definition) is 1. The van der Waals surface area contributed by atoms with E-state index >= 15 is 0 Å². The van der Waals surface area contributed by atoms with Crippen molar-refractivity contribution in [2.45, 2.75) is 63.3 Å². The molecule has 1 aliphatic carbocycles. The van der Waals surface area contributed by atoms with Gasteiger partial charge in [-0.05, 0) is 38.6 Å². The molecule has 3 atom stereocenters. The Kier molecular flexibility index (Phi) is 5.54. The highest BCUT2D eigenvalue weighted by Gasteiger charge is 2.49. The Morgan fingerprint density at radius 3 is 2.57 bits per heavy atom. The first-order chi connectivity index (χ1) is 9.91. The third-order valence-electron chi connectivity index (χ3n) is 5.16. The highest BCUT2D eigenvalue weighted by molar-refractivity contribution is 4.98.